The van der Waals surface area contributed by atoms with Gasteiger partial charge in [0.05, 0.1) is 22.7 Å². The van der Waals surface area contributed by atoms with Crippen LogP contribution >= 0.6 is 0 Å². The minimum Gasteiger partial charge on any atom is -0.491 e. The molecule has 38 heavy (non-hydrogen) atoms. The van der Waals surface area contributed by atoms with Crippen LogP contribution in [0.2, 0.25) is 0 Å². The summed E-state index contributed by atoms with van der Waals surface area (Å²) in [6, 6.07) is 25.3. The van der Waals surface area contributed by atoms with E-state index in [1.54, 1.807) is 0 Å². The molecule has 6 heteroatoms. The molecule has 0 fully saturated rings. The van der Waals surface area contributed by atoms with E-state index in [1.165, 1.54) is 0 Å². The Balaban J connectivity index is 1.52. The second kappa shape index (κ2) is 12.0. The Morgan fingerprint density at radius 2 is 1.71 bits per heavy atom. The van der Waals surface area contributed by atoms with Gasteiger partial charge >= 0.3 is 0 Å². The highest BCUT2D eigenvalue weighted by atomic mass is 16.5. The molecule has 0 radical (unpaired) electrons. The van der Waals surface area contributed by atoms with Crippen molar-refractivity contribution in [1.82, 2.24) is 14.8 Å². The van der Waals surface area contributed by atoms with Crippen LogP contribution < -0.4 is 4.74 Å². The largest absolute Gasteiger partial charge is 0.491 e. The van der Waals surface area contributed by atoms with Crippen molar-refractivity contribution in [2.75, 3.05) is 26.2 Å². The molecule has 0 saturated heterocycles. The molecular weight excluding hydrogens is 474 g/mol. The summed E-state index contributed by atoms with van der Waals surface area (Å²) in [7, 11) is 0. The van der Waals surface area contributed by atoms with E-state index in [2.05, 4.69) is 17.1 Å². The lowest BCUT2D eigenvalue weighted by molar-refractivity contribution is 0.0607. The molecule has 196 valence electrons. The lowest BCUT2D eigenvalue weighted by atomic mass is 10.0. The van der Waals surface area contributed by atoms with Crippen molar-refractivity contribution in [3.8, 4) is 5.75 Å². The maximum absolute atomic E-state index is 14.2. The van der Waals surface area contributed by atoms with Gasteiger partial charge in [-0.15, -0.1) is 0 Å². The van der Waals surface area contributed by atoms with Crippen LogP contribution in [-0.4, -0.2) is 58.9 Å². The SMILES string of the molecule is CCN1CCCCCN(C(=O)c2cccc3cc[nH]c23)[C@@H](Cc2ccccc2)COc2ccccc2C1=O. The third-order valence-electron chi connectivity index (χ3n) is 7.38. The van der Waals surface area contributed by atoms with Crippen LogP contribution in [0.5, 0.6) is 5.75 Å². The number of carbonyl (C=O) groups excluding carboxylic acids is 2. The van der Waals surface area contributed by atoms with Crippen molar-refractivity contribution >= 4 is 22.7 Å². The van der Waals surface area contributed by atoms with Crippen LogP contribution in [0.25, 0.3) is 10.9 Å². The number of para-hydroxylation sites is 2. The Hall–Kier alpha value is -4.06. The summed E-state index contributed by atoms with van der Waals surface area (Å²) in [5.41, 5.74) is 3.24. The van der Waals surface area contributed by atoms with Gasteiger partial charge < -0.3 is 19.5 Å². The van der Waals surface area contributed by atoms with Gasteiger partial charge in [-0.1, -0.05) is 54.6 Å². The van der Waals surface area contributed by atoms with Gasteiger partial charge in [-0.05, 0) is 62.4 Å². The van der Waals surface area contributed by atoms with Crippen LogP contribution in [0.3, 0.4) is 0 Å². The quantitative estimate of drug-likeness (QED) is 0.370. The van der Waals surface area contributed by atoms with Gasteiger partial charge in [0.1, 0.15) is 12.4 Å². The third kappa shape index (κ3) is 5.59. The van der Waals surface area contributed by atoms with Crippen molar-refractivity contribution in [2.24, 2.45) is 0 Å². The number of rotatable bonds is 4. The number of benzene rings is 3. The summed E-state index contributed by atoms with van der Waals surface area (Å²) < 4.78 is 6.39. The topological polar surface area (TPSA) is 65.6 Å². The fourth-order valence-electron chi connectivity index (χ4n) is 5.30. The summed E-state index contributed by atoms with van der Waals surface area (Å²) in [5.74, 6) is 0.553. The molecule has 5 rings (SSSR count). The minimum atomic E-state index is -0.207. The standard InChI is InChI=1S/C32H35N3O3/c1-2-34-20-9-4-10-21-35(32(37)28-16-11-14-25-18-19-33-30(25)28)26(22-24-12-5-3-6-13-24)23-38-29-17-8-7-15-27(29)31(34)36/h3,5-8,11-19,26,33H,2,4,9-10,20-23H2,1H3/t26-/m0/s1. The number of hydrogen-bond acceptors (Lipinski definition) is 3. The number of hydrogen-bond donors (Lipinski definition) is 1. The van der Waals surface area contributed by atoms with E-state index in [9.17, 15) is 9.59 Å². The Kier molecular flexibility index (Phi) is 8.07. The number of fused-ring (bicyclic) bond motifs is 2. The molecule has 1 aromatic heterocycles. The van der Waals surface area contributed by atoms with Gasteiger partial charge in [0, 0.05) is 31.2 Å². The lowest BCUT2D eigenvalue weighted by Crippen LogP contribution is -2.45. The lowest BCUT2D eigenvalue weighted by Gasteiger charge is -2.32. The first kappa shape index (κ1) is 25.6. The van der Waals surface area contributed by atoms with Gasteiger partial charge in [0.15, 0.2) is 0 Å². The van der Waals surface area contributed by atoms with Crippen LogP contribution in [0.15, 0.2) is 85.1 Å². The van der Waals surface area contributed by atoms with E-state index in [0.717, 1.165) is 35.7 Å². The number of H-pyrrole nitrogens is 1. The average Bonchev–Trinajstić information content (AvgIpc) is 3.44. The highest BCUT2D eigenvalue weighted by molar-refractivity contribution is 6.05. The molecule has 6 nitrogen and oxygen atoms in total. The fraction of sp³-hybridized carbons (Fsp3) is 0.312. The van der Waals surface area contributed by atoms with E-state index in [1.807, 2.05) is 89.7 Å². The molecule has 0 unspecified atom stereocenters. The van der Waals surface area contributed by atoms with Gasteiger partial charge in [0.2, 0.25) is 0 Å². The predicted octanol–water partition coefficient (Wildman–Crippen LogP) is 5.95. The Bertz CT molecular complexity index is 1380. The Morgan fingerprint density at radius 1 is 0.921 bits per heavy atom. The monoisotopic (exact) mass is 509 g/mol. The van der Waals surface area contributed by atoms with E-state index in [4.69, 9.17) is 4.74 Å². The summed E-state index contributed by atoms with van der Waals surface area (Å²) >= 11 is 0. The zero-order valence-electron chi connectivity index (χ0n) is 21.9. The van der Waals surface area contributed by atoms with Gasteiger partial charge in [0.25, 0.3) is 11.8 Å². The highest BCUT2D eigenvalue weighted by Gasteiger charge is 2.28. The van der Waals surface area contributed by atoms with Crippen LogP contribution in [0, 0.1) is 0 Å². The number of nitrogens with one attached hydrogen (secondary N) is 1. The minimum absolute atomic E-state index is 0.00278. The highest BCUT2D eigenvalue weighted by Crippen LogP contribution is 2.25. The summed E-state index contributed by atoms with van der Waals surface area (Å²) in [5, 5.41) is 1.02. The van der Waals surface area contributed by atoms with Crippen molar-refractivity contribution < 1.29 is 14.3 Å². The molecule has 0 aliphatic carbocycles. The van der Waals surface area contributed by atoms with E-state index >= 15 is 0 Å². The Labute approximate surface area is 224 Å². The van der Waals surface area contributed by atoms with Crippen LogP contribution in [0.1, 0.15) is 52.5 Å². The maximum atomic E-state index is 14.2. The normalized spacial score (nSPS) is 17.2. The van der Waals surface area contributed by atoms with Crippen molar-refractivity contribution in [2.45, 2.75) is 38.6 Å². The second-order valence-corrected chi connectivity index (χ2v) is 9.84. The van der Waals surface area contributed by atoms with Crippen molar-refractivity contribution in [1.29, 1.82) is 0 Å². The molecule has 1 N–H and O–H groups in total. The predicted molar refractivity (Wildman–Crippen MR) is 151 cm³/mol. The second-order valence-electron chi connectivity index (χ2n) is 9.84. The molecule has 0 saturated carbocycles. The summed E-state index contributed by atoms with van der Waals surface area (Å²) in [6.45, 7) is 4.26. The number of carbonyl (C=O) groups is 2. The molecule has 2 heterocycles. The number of aromatic nitrogens is 1. The first-order chi connectivity index (χ1) is 18.7. The molecule has 1 atom stereocenters. The maximum Gasteiger partial charge on any atom is 0.257 e. The number of aromatic amines is 1. The number of nitrogens with zero attached hydrogens (tertiary/aromatic N) is 2. The summed E-state index contributed by atoms with van der Waals surface area (Å²) in [4.78, 5) is 34.7. The average molecular weight is 510 g/mol. The van der Waals surface area contributed by atoms with Crippen LogP contribution in [0.4, 0.5) is 0 Å². The van der Waals surface area contributed by atoms with Crippen molar-refractivity contribution in [3.05, 3.63) is 102 Å². The number of amides is 2. The molecule has 3 aromatic carbocycles. The zero-order valence-corrected chi connectivity index (χ0v) is 21.9. The smallest absolute Gasteiger partial charge is 0.257 e. The molecule has 4 aromatic rings. The molecule has 1 aliphatic rings. The number of ether oxygens (including phenoxy) is 1. The van der Waals surface area contributed by atoms with E-state index in [0.29, 0.717) is 42.9 Å². The first-order valence-corrected chi connectivity index (χ1v) is 13.6. The molecule has 1 aliphatic heterocycles. The van der Waals surface area contributed by atoms with Gasteiger partial charge in [-0.2, -0.15) is 0 Å². The van der Waals surface area contributed by atoms with E-state index < -0.39 is 0 Å². The first-order valence-electron chi connectivity index (χ1n) is 13.6. The third-order valence-corrected chi connectivity index (χ3v) is 7.38. The van der Waals surface area contributed by atoms with Crippen LogP contribution in [-0.2, 0) is 6.42 Å². The van der Waals surface area contributed by atoms with Crippen molar-refractivity contribution in [3.63, 3.8) is 0 Å². The molecule has 2 amide bonds. The molecular formula is C32H35N3O3. The van der Waals surface area contributed by atoms with Gasteiger partial charge in [-0.25, -0.2) is 0 Å². The van der Waals surface area contributed by atoms with E-state index in [-0.39, 0.29) is 24.5 Å². The summed E-state index contributed by atoms with van der Waals surface area (Å²) in [6.07, 6.45) is 5.21. The zero-order chi connectivity index (χ0) is 26.3. The molecule has 0 spiro atoms. The molecule has 0 bridgehead atoms. The van der Waals surface area contributed by atoms with Gasteiger partial charge in [-0.3, -0.25) is 9.59 Å². The Morgan fingerprint density at radius 3 is 2.55 bits per heavy atom. The fourth-order valence-corrected chi connectivity index (χ4v) is 5.30.